The van der Waals surface area contributed by atoms with Crippen molar-refractivity contribution in [1.29, 1.82) is 0 Å². The number of ether oxygens (including phenoxy) is 8. The monoisotopic (exact) mass is 988 g/mol. The number of aliphatic hydroxyl groups excluding tert-OH is 14. The molecule has 14 N–H and O–H groups in total. The third kappa shape index (κ3) is 15.8. The molecule has 4 rings (SSSR count). The van der Waals surface area contributed by atoms with Gasteiger partial charge >= 0.3 is 5.97 Å². The predicted molar refractivity (Wildman–Crippen MR) is 236 cm³/mol. The summed E-state index contributed by atoms with van der Waals surface area (Å²) in [7, 11) is 0. The van der Waals surface area contributed by atoms with Gasteiger partial charge in [0.1, 0.15) is 97.7 Å². The van der Waals surface area contributed by atoms with E-state index >= 15 is 0 Å². The van der Waals surface area contributed by atoms with Crippen molar-refractivity contribution in [3.63, 3.8) is 0 Å². The Hall–Kier alpha value is -3.45. The standard InChI is InChI=1S/C46H68O23/c1-21(12-8-14-23(3)25(5)18-62-43-40(59)36(55)32(51)28(67-43)19-63-44-38(57)34(53)30(49)26(16-47)65-44)10-6-7-11-22(2)13-9-15-24(4)42(61)69-46-41(60)37(56)33(52)29(68-46)20-64-45-39(58)35(54)31(50)27(17-48)66-45/h6-15,26-41,43-60H,5,16-20H2,1-4H3/b7-6+,12-8+,13-9+,21-10-,22-11+,23-14-,24-15+/t26-,27-,28-,29-,30-,31-,32-,33-,34+,35+,36+,37+,38-,39-,40-,41-,43-,44-,45-,46+/m1/s1. The Morgan fingerprint density at radius 2 is 0.797 bits per heavy atom. The van der Waals surface area contributed by atoms with E-state index in [0.29, 0.717) is 5.57 Å². The molecule has 390 valence electrons. The number of hydrogen-bond acceptors (Lipinski definition) is 23. The van der Waals surface area contributed by atoms with Crippen LogP contribution in [0, 0.1) is 0 Å². The zero-order valence-electron chi connectivity index (χ0n) is 38.5. The molecule has 4 aliphatic rings. The van der Waals surface area contributed by atoms with Crippen molar-refractivity contribution >= 4 is 5.97 Å². The summed E-state index contributed by atoms with van der Waals surface area (Å²) in [4.78, 5) is 12.8. The molecule has 0 aromatic carbocycles. The van der Waals surface area contributed by atoms with Crippen LogP contribution in [0.3, 0.4) is 0 Å². The fourth-order valence-electron chi connectivity index (χ4n) is 7.03. The van der Waals surface area contributed by atoms with E-state index in [1.165, 1.54) is 13.0 Å². The van der Waals surface area contributed by atoms with Gasteiger partial charge in [-0.25, -0.2) is 4.79 Å². The minimum absolute atomic E-state index is 0.0952. The average Bonchev–Trinajstić information content (AvgIpc) is 3.33. The Labute approximate surface area is 398 Å². The van der Waals surface area contributed by atoms with Crippen LogP contribution in [-0.2, 0) is 42.7 Å². The minimum atomic E-state index is -1.84. The van der Waals surface area contributed by atoms with Crippen LogP contribution in [0.5, 0.6) is 0 Å². The van der Waals surface area contributed by atoms with Gasteiger partial charge in [0.2, 0.25) is 6.29 Å². The van der Waals surface area contributed by atoms with Crippen LogP contribution in [0.1, 0.15) is 27.7 Å². The molecule has 23 nitrogen and oxygen atoms in total. The summed E-state index contributed by atoms with van der Waals surface area (Å²) in [5.41, 5.74) is 3.02. The van der Waals surface area contributed by atoms with Crippen LogP contribution in [0.15, 0.2) is 95.2 Å². The first-order valence-electron chi connectivity index (χ1n) is 22.1. The fourth-order valence-corrected chi connectivity index (χ4v) is 7.03. The van der Waals surface area contributed by atoms with Gasteiger partial charge in [-0.1, -0.05) is 78.5 Å². The number of allylic oxidation sites excluding steroid dienone is 12. The molecular formula is C46H68O23. The summed E-state index contributed by atoms with van der Waals surface area (Å²) in [6.45, 7) is 8.32. The molecule has 0 aromatic rings. The molecule has 69 heavy (non-hydrogen) atoms. The number of aliphatic hydroxyl groups is 14. The summed E-state index contributed by atoms with van der Waals surface area (Å²) in [5, 5.41) is 142. The number of carbonyl (C=O) groups excluding carboxylic acids is 1. The van der Waals surface area contributed by atoms with Crippen LogP contribution in [0.25, 0.3) is 0 Å². The third-order valence-corrected chi connectivity index (χ3v) is 11.6. The summed E-state index contributed by atoms with van der Waals surface area (Å²) in [6, 6.07) is 0. The van der Waals surface area contributed by atoms with E-state index in [4.69, 9.17) is 37.9 Å². The molecule has 0 saturated carbocycles. The Kier molecular flexibility index (Phi) is 23.1. The summed E-state index contributed by atoms with van der Waals surface area (Å²) in [6.07, 6.45) is -14.5. The Bertz CT molecular complexity index is 1880. The summed E-state index contributed by atoms with van der Waals surface area (Å²) >= 11 is 0. The van der Waals surface area contributed by atoms with Crippen molar-refractivity contribution < 1.29 is 114 Å². The highest BCUT2D eigenvalue weighted by molar-refractivity contribution is 5.88. The SMILES string of the molecule is C=C(CO[C@@H]1O[C@H](CO[C@@H]2O[C@H](CO)[C@@H](O)[C@H](O)[C@H]2O)[C@@H](O)[C@H](O)[C@H]1O)\C(C)=C/C=C/C(C)=C\C=C\C=C(C)\C=C\C=C(/C)C(=O)O[C@@H]1O[C@H](CO[C@@H]2O[C@H](CO)[C@@H](O)[C@H](O)[C@H]2O)[C@@H](O)[C@H](O)[C@H]1O. The molecule has 4 heterocycles. The first kappa shape index (κ1) is 58.1. The lowest BCUT2D eigenvalue weighted by atomic mass is 9.98. The van der Waals surface area contributed by atoms with Crippen molar-refractivity contribution in [2.24, 2.45) is 0 Å². The highest BCUT2D eigenvalue weighted by atomic mass is 16.7. The van der Waals surface area contributed by atoms with Gasteiger partial charge in [-0.15, -0.1) is 0 Å². The summed E-state index contributed by atoms with van der Waals surface area (Å²) < 4.78 is 43.5. The fraction of sp³-hybridized carbons (Fsp3) is 0.630. The van der Waals surface area contributed by atoms with Gasteiger partial charge in [0.25, 0.3) is 0 Å². The van der Waals surface area contributed by atoms with Crippen molar-refractivity contribution in [2.75, 3.05) is 33.0 Å². The van der Waals surface area contributed by atoms with E-state index in [1.54, 1.807) is 37.3 Å². The van der Waals surface area contributed by atoms with Gasteiger partial charge in [0.15, 0.2) is 18.9 Å². The van der Waals surface area contributed by atoms with Crippen LogP contribution < -0.4 is 0 Å². The van der Waals surface area contributed by atoms with E-state index in [2.05, 4.69) is 6.58 Å². The molecule has 0 unspecified atom stereocenters. The van der Waals surface area contributed by atoms with Crippen LogP contribution >= 0.6 is 0 Å². The molecule has 0 aliphatic carbocycles. The summed E-state index contributed by atoms with van der Waals surface area (Å²) in [5.74, 6) is -0.911. The molecule has 23 heteroatoms. The minimum Gasteiger partial charge on any atom is -0.429 e. The average molecular weight is 989 g/mol. The highest BCUT2D eigenvalue weighted by Crippen LogP contribution is 2.29. The topological polar surface area (TPSA) is 374 Å². The van der Waals surface area contributed by atoms with E-state index in [0.717, 1.165) is 16.7 Å². The van der Waals surface area contributed by atoms with Crippen molar-refractivity contribution in [3.8, 4) is 0 Å². The van der Waals surface area contributed by atoms with E-state index in [9.17, 15) is 76.3 Å². The van der Waals surface area contributed by atoms with Gasteiger partial charge < -0.3 is 109 Å². The lowest BCUT2D eigenvalue weighted by Gasteiger charge is -2.42. The second-order valence-corrected chi connectivity index (χ2v) is 17.0. The maximum Gasteiger partial charge on any atom is 0.336 e. The van der Waals surface area contributed by atoms with Gasteiger partial charge in [-0.3, -0.25) is 0 Å². The number of rotatable bonds is 20. The second-order valence-electron chi connectivity index (χ2n) is 17.0. The molecule has 0 radical (unpaired) electrons. The smallest absolute Gasteiger partial charge is 0.336 e. The molecule has 0 amide bonds. The Morgan fingerprint density at radius 1 is 0.449 bits per heavy atom. The number of carbonyl (C=O) groups is 1. The Morgan fingerprint density at radius 3 is 1.22 bits per heavy atom. The molecule has 4 aliphatic heterocycles. The highest BCUT2D eigenvalue weighted by Gasteiger charge is 2.50. The van der Waals surface area contributed by atoms with E-state index < -0.39 is 155 Å². The van der Waals surface area contributed by atoms with Gasteiger partial charge in [-0.2, -0.15) is 0 Å². The quantitative estimate of drug-likeness (QED) is 0.0312. The maximum absolute atomic E-state index is 12.8. The van der Waals surface area contributed by atoms with Crippen LogP contribution in [0.2, 0.25) is 0 Å². The van der Waals surface area contributed by atoms with E-state index in [1.807, 2.05) is 38.2 Å². The first-order chi connectivity index (χ1) is 32.6. The number of hydrogen-bond donors (Lipinski definition) is 14. The Balaban J connectivity index is 1.21. The predicted octanol–water partition coefficient (Wildman–Crippen LogP) is -4.20. The van der Waals surface area contributed by atoms with E-state index in [-0.39, 0.29) is 12.2 Å². The van der Waals surface area contributed by atoms with Gasteiger partial charge in [-0.05, 0) is 38.8 Å². The zero-order valence-corrected chi connectivity index (χ0v) is 38.5. The molecule has 0 bridgehead atoms. The van der Waals surface area contributed by atoms with Gasteiger partial charge in [0.05, 0.1) is 33.0 Å². The molecular weight excluding hydrogens is 920 g/mol. The molecule has 4 saturated heterocycles. The zero-order chi connectivity index (χ0) is 51.3. The maximum atomic E-state index is 12.8. The third-order valence-electron chi connectivity index (χ3n) is 11.6. The second kappa shape index (κ2) is 27.4. The van der Waals surface area contributed by atoms with Crippen molar-refractivity contribution in [1.82, 2.24) is 0 Å². The lowest BCUT2D eigenvalue weighted by Crippen LogP contribution is -2.61. The van der Waals surface area contributed by atoms with Crippen LogP contribution in [-0.4, -0.2) is 233 Å². The van der Waals surface area contributed by atoms with Crippen molar-refractivity contribution in [3.05, 3.63) is 95.2 Å². The van der Waals surface area contributed by atoms with Gasteiger partial charge in [0, 0.05) is 5.57 Å². The largest absolute Gasteiger partial charge is 0.429 e. The molecule has 0 aromatic heterocycles. The lowest BCUT2D eigenvalue weighted by molar-refractivity contribution is -0.330. The van der Waals surface area contributed by atoms with Crippen molar-refractivity contribution in [2.45, 2.75) is 151 Å². The molecule has 4 fully saturated rings. The molecule has 20 atom stereocenters. The molecule has 0 spiro atoms. The number of esters is 1. The first-order valence-corrected chi connectivity index (χ1v) is 22.1. The van der Waals surface area contributed by atoms with Crippen LogP contribution in [0.4, 0.5) is 0 Å². The normalized spacial score (nSPS) is 40.0.